The lowest BCUT2D eigenvalue weighted by Crippen LogP contribution is -2.42. The summed E-state index contributed by atoms with van der Waals surface area (Å²) in [5, 5.41) is 22.1. The molecule has 1 aromatic carbocycles. The van der Waals surface area contributed by atoms with Gasteiger partial charge in [0, 0.05) is 5.69 Å². The van der Waals surface area contributed by atoms with Crippen molar-refractivity contribution < 1.29 is 31.5 Å². The van der Waals surface area contributed by atoms with Crippen molar-refractivity contribution in [1.29, 1.82) is 5.26 Å². The number of hydrogen-bond donors (Lipinski definition) is 2. The van der Waals surface area contributed by atoms with Gasteiger partial charge in [0.25, 0.3) is 5.91 Å². The Morgan fingerprint density at radius 1 is 0.921 bits per heavy atom. The first kappa shape index (κ1) is 33.9. The minimum absolute atomic E-state index is 0.114. The zero-order chi connectivity index (χ0) is 28.7. The van der Waals surface area contributed by atoms with Crippen LogP contribution < -0.4 is 5.32 Å². The van der Waals surface area contributed by atoms with Crippen LogP contribution in [0.3, 0.4) is 0 Å². The molecule has 0 bridgehead atoms. The number of benzene rings is 1. The summed E-state index contributed by atoms with van der Waals surface area (Å²) in [4.78, 5) is 12.7. The van der Waals surface area contributed by atoms with Crippen LogP contribution in [-0.4, -0.2) is 36.5 Å². The summed E-state index contributed by atoms with van der Waals surface area (Å²) in [5.74, 6) is -0.216. The predicted octanol–water partition coefficient (Wildman–Crippen LogP) is 7.16. The summed E-state index contributed by atoms with van der Waals surface area (Å²) in [6, 6.07) is 4.41. The van der Waals surface area contributed by atoms with Gasteiger partial charge in [-0.05, 0) is 43.9 Å². The van der Waals surface area contributed by atoms with Crippen molar-refractivity contribution in [3.05, 3.63) is 29.3 Å². The highest BCUT2D eigenvalue weighted by Crippen LogP contribution is 2.34. The van der Waals surface area contributed by atoms with Gasteiger partial charge in [-0.1, -0.05) is 78.1 Å². The van der Waals surface area contributed by atoms with Crippen molar-refractivity contribution in [3.63, 3.8) is 0 Å². The van der Waals surface area contributed by atoms with E-state index >= 15 is 0 Å². The molecule has 0 spiro atoms. The lowest BCUT2D eigenvalue weighted by atomic mass is 9.91. The second-order valence-corrected chi connectivity index (χ2v) is 12.3. The number of anilines is 1. The highest BCUT2D eigenvalue weighted by Gasteiger charge is 2.36. The Morgan fingerprint density at radius 2 is 1.45 bits per heavy atom. The maximum absolute atomic E-state index is 13.2. The molecule has 1 unspecified atom stereocenters. The number of amides is 1. The van der Waals surface area contributed by atoms with Crippen molar-refractivity contribution in [2.45, 2.75) is 116 Å². The molecule has 0 aliphatic carbocycles. The Bertz CT molecular complexity index is 1010. The van der Waals surface area contributed by atoms with Crippen LogP contribution in [0.2, 0.25) is 0 Å². The molecule has 1 atom stereocenters. The third-order valence-electron chi connectivity index (χ3n) is 6.82. The Kier molecular flexibility index (Phi) is 15.0. The minimum Gasteiger partial charge on any atom is -0.380 e. The van der Waals surface area contributed by atoms with Gasteiger partial charge in [0.2, 0.25) is 0 Å². The maximum atomic E-state index is 13.2. The first-order valence-corrected chi connectivity index (χ1v) is 15.6. The Hall–Kier alpha value is -2.12. The molecule has 0 aromatic heterocycles. The zero-order valence-electron chi connectivity index (χ0n) is 22.7. The van der Waals surface area contributed by atoms with Crippen molar-refractivity contribution in [2.75, 3.05) is 16.8 Å². The monoisotopic (exact) mass is 560 g/mol. The number of hydrogen-bond acceptors (Lipinski definition) is 5. The van der Waals surface area contributed by atoms with E-state index in [9.17, 15) is 31.5 Å². The molecule has 0 aliphatic rings. The number of carbonyl (C=O) groups is 1. The van der Waals surface area contributed by atoms with Crippen molar-refractivity contribution in [3.8, 4) is 6.07 Å². The van der Waals surface area contributed by atoms with Gasteiger partial charge in [0.15, 0.2) is 0 Å². The van der Waals surface area contributed by atoms with Crippen molar-refractivity contribution in [1.82, 2.24) is 0 Å². The first-order chi connectivity index (χ1) is 17.9. The van der Waals surface area contributed by atoms with Crippen LogP contribution in [-0.2, 0) is 20.8 Å². The third kappa shape index (κ3) is 12.6. The lowest BCUT2D eigenvalue weighted by molar-refractivity contribution is -0.138. The van der Waals surface area contributed by atoms with Crippen molar-refractivity contribution >= 4 is 21.4 Å². The number of nitrogens with one attached hydrogen (secondary N) is 1. The van der Waals surface area contributed by atoms with Crippen LogP contribution in [0, 0.1) is 11.3 Å². The molecular weight excluding hydrogens is 517 g/mol. The number of rotatable bonds is 19. The molecule has 2 N–H and O–H groups in total. The molecule has 0 fully saturated rings. The second-order valence-electron chi connectivity index (χ2n) is 10.0. The van der Waals surface area contributed by atoms with Crippen LogP contribution in [0.4, 0.5) is 18.9 Å². The number of unbranched alkanes of at least 4 members (excludes halogenated alkanes) is 10. The molecule has 38 heavy (non-hydrogen) atoms. The smallest absolute Gasteiger partial charge is 0.380 e. The highest BCUT2D eigenvalue weighted by molar-refractivity contribution is 7.91. The largest absolute Gasteiger partial charge is 0.417 e. The van der Waals surface area contributed by atoms with E-state index in [2.05, 4.69) is 12.2 Å². The van der Waals surface area contributed by atoms with Crippen LogP contribution in [0.1, 0.15) is 115 Å². The van der Waals surface area contributed by atoms with E-state index in [1.54, 1.807) is 6.92 Å². The number of nitrogens with zero attached hydrogens (tertiary/aromatic N) is 1. The molecular formula is C28H43F3N2O4S. The number of carbonyl (C=O) groups excluding carboxylic acids is 1. The summed E-state index contributed by atoms with van der Waals surface area (Å²) in [6.45, 7) is 3.74. The summed E-state index contributed by atoms with van der Waals surface area (Å²) < 4.78 is 63.6. The molecule has 1 amide bonds. The maximum Gasteiger partial charge on any atom is 0.417 e. The standard InChI is InChI=1S/C28H43F3N2O4S/c1-3-5-6-14-19-38(36,37)20-15-12-10-8-7-9-11-13-18-27(35,4-2)26(34)33-24-17-16-23(22-32)25(21-24)28(29,30)31/h16-17,21,35H,3-15,18-20H2,1-2H3,(H,33,34). The zero-order valence-corrected chi connectivity index (χ0v) is 23.5. The van der Waals surface area contributed by atoms with Crippen LogP contribution in [0.15, 0.2) is 18.2 Å². The normalized spacial score (nSPS) is 13.6. The van der Waals surface area contributed by atoms with Gasteiger partial charge in [0.05, 0.1) is 28.7 Å². The molecule has 1 aromatic rings. The predicted molar refractivity (Wildman–Crippen MR) is 144 cm³/mol. The SMILES string of the molecule is CCCCCCS(=O)(=O)CCCCCCCCCCC(O)(CC)C(=O)Nc1ccc(C#N)c(C(F)(F)F)c1. The molecule has 1 rings (SSSR count). The average Bonchev–Trinajstić information content (AvgIpc) is 2.87. The van der Waals surface area contributed by atoms with E-state index in [0.29, 0.717) is 18.9 Å². The molecule has 0 heterocycles. The van der Waals surface area contributed by atoms with Crippen molar-refractivity contribution in [2.24, 2.45) is 0 Å². The van der Waals surface area contributed by atoms with E-state index in [1.807, 2.05) is 0 Å². The van der Waals surface area contributed by atoms with Gasteiger partial charge >= 0.3 is 6.18 Å². The Morgan fingerprint density at radius 3 is 1.95 bits per heavy atom. The quantitative estimate of drug-likeness (QED) is 0.175. The summed E-state index contributed by atoms with van der Waals surface area (Å²) in [7, 11) is -2.94. The van der Waals surface area contributed by atoms with Gasteiger partial charge in [-0.15, -0.1) is 0 Å². The van der Waals surface area contributed by atoms with Gasteiger partial charge in [-0.3, -0.25) is 4.79 Å². The molecule has 0 aliphatic heterocycles. The van der Waals surface area contributed by atoms with Gasteiger partial charge in [-0.25, -0.2) is 8.42 Å². The Labute approximate surface area is 225 Å². The molecule has 10 heteroatoms. The van der Waals surface area contributed by atoms with Gasteiger partial charge in [0.1, 0.15) is 15.4 Å². The van der Waals surface area contributed by atoms with Crippen LogP contribution in [0.5, 0.6) is 0 Å². The van der Waals surface area contributed by atoms with Gasteiger partial charge < -0.3 is 10.4 Å². The first-order valence-electron chi connectivity index (χ1n) is 13.7. The number of nitriles is 1. The fourth-order valence-corrected chi connectivity index (χ4v) is 5.80. The Balaban J connectivity index is 2.33. The summed E-state index contributed by atoms with van der Waals surface area (Å²) >= 11 is 0. The number of alkyl halides is 3. The van der Waals surface area contributed by atoms with Crippen LogP contribution >= 0.6 is 0 Å². The topological polar surface area (TPSA) is 107 Å². The highest BCUT2D eigenvalue weighted by atomic mass is 32.2. The minimum atomic E-state index is -4.74. The van der Waals surface area contributed by atoms with Crippen LogP contribution in [0.25, 0.3) is 0 Å². The molecule has 0 saturated heterocycles. The summed E-state index contributed by atoms with van der Waals surface area (Å²) in [5.41, 5.74) is -3.50. The van der Waals surface area contributed by atoms with E-state index in [1.165, 1.54) is 12.1 Å². The number of aliphatic hydroxyl groups is 1. The van der Waals surface area contributed by atoms with E-state index in [0.717, 1.165) is 70.3 Å². The molecule has 6 nitrogen and oxygen atoms in total. The summed E-state index contributed by atoms with van der Waals surface area (Å²) in [6.07, 6.45) is 6.28. The molecule has 0 radical (unpaired) electrons. The second kappa shape index (κ2) is 16.8. The van der Waals surface area contributed by atoms with E-state index in [4.69, 9.17) is 5.26 Å². The van der Waals surface area contributed by atoms with Gasteiger partial charge in [-0.2, -0.15) is 18.4 Å². The number of sulfone groups is 1. The fraction of sp³-hybridized carbons (Fsp3) is 0.714. The lowest BCUT2D eigenvalue weighted by Gasteiger charge is -2.26. The van der Waals surface area contributed by atoms with E-state index < -0.39 is 38.6 Å². The number of halogens is 3. The van der Waals surface area contributed by atoms with E-state index in [-0.39, 0.29) is 30.0 Å². The molecule has 0 saturated carbocycles. The third-order valence-corrected chi connectivity index (χ3v) is 8.64. The molecule has 216 valence electrons. The fourth-order valence-electron chi connectivity index (χ4n) is 4.30. The average molecular weight is 561 g/mol.